The van der Waals surface area contributed by atoms with E-state index in [2.05, 4.69) is 10.1 Å². The summed E-state index contributed by atoms with van der Waals surface area (Å²) >= 11 is 0. The van der Waals surface area contributed by atoms with Crippen molar-refractivity contribution < 1.29 is 42.3 Å². The Hall–Kier alpha value is -2.93. The largest absolute Gasteiger partial charge is 0.522 e. The third-order valence-corrected chi connectivity index (χ3v) is 4.77. The Morgan fingerprint density at radius 2 is 1.94 bits per heavy atom. The standard InChI is InChI=1S/C20H26F3N3O7/c1-19(2,3)33-18(29)24-14-4-6-25(11-14)10-13-9-16(26(30)31)15(17(27)28)8-12(13)5-7-32-20(21,22)23/h8-9,14H,4-7,10-11H2,1-3H3,(H,24,29)(H,27,28)/t14-/m1/s1. The average Bonchev–Trinajstić information content (AvgIpc) is 3.06. The molecule has 1 aliphatic rings. The summed E-state index contributed by atoms with van der Waals surface area (Å²) in [5.74, 6) is -1.56. The van der Waals surface area contributed by atoms with Crippen molar-refractivity contribution >= 4 is 17.7 Å². The second kappa shape index (κ2) is 10.3. The Bertz CT molecular complexity index is 900. The lowest BCUT2D eigenvalue weighted by Gasteiger charge is -2.22. The molecule has 10 nitrogen and oxygen atoms in total. The molecule has 1 saturated heterocycles. The predicted molar refractivity (Wildman–Crippen MR) is 109 cm³/mol. The van der Waals surface area contributed by atoms with Crippen LogP contribution < -0.4 is 5.32 Å². The van der Waals surface area contributed by atoms with Crippen LogP contribution in [0, 0.1) is 10.1 Å². The Morgan fingerprint density at radius 3 is 2.48 bits per heavy atom. The molecular weight excluding hydrogens is 451 g/mol. The van der Waals surface area contributed by atoms with E-state index >= 15 is 0 Å². The number of carboxylic acids is 1. The summed E-state index contributed by atoms with van der Waals surface area (Å²) < 4.78 is 46.1. The maximum absolute atomic E-state index is 12.4. The number of benzene rings is 1. The first kappa shape index (κ1) is 26.3. The molecule has 2 N–H and O–H groups in total. The molecule has 0 saturated carbocycles. The molecule has 13 heteroatoms. The summed E-state index contributed by atoms with van der Waals surface area (Å²) in [5.41, 5.74) is -1.42. The fourth-order valence-electron chi connectivity index (χ4n) is 3.46. The minimum Gasteiger partial charge on any atom is -0.477 e. The van der Waals surface area contributed by atoms with Crippen molar-refractivity contribution in [2.75, 3.05) is 19.7 Å². The van der Waals surface area contributed by atoms with Gasteiger partial charge in [0.15, 0.2) is 0 Å². The highest BCUT2D eigenvalue weighted by Crippen LogP contribution is 2.27. The number of carbonyl (C=O) groups excluding carboxylic acids is 1. The molecule has 0 unspecified atom stereocenters. The fraction of sp³-hybridized carbons (Fsp3) is 0.600. The number of halogens is 3. The molecule has 0 radical (unpaired) electrons. The van der Waals surface area contributed by atoms with Gasteiger partial charge in [-0.1, -0.05) is 0 Å². The SMILES string of the molecule is CC(C)(C)OC(=O)N[C@@H]1CCN(Cc2cc([N+](=O)[O-])c(C(=O)O)cc2CCOC(F)(F)F)C1. The first-order valence-electron chi connectivity index (χ1n) is 10.1. The highest BCUT2D eigenvalue weighted by molar-refractivity contribution is 5.92. The molecule has 1 fully saturated rings. The van der Waals surface area contributed by atoms with Crippen LogP contribution in [0.15, 0.2) is 12.1 Å². The summed E-state index contributed by atoms with van der Waals surface area (Å²) in [6.07, 6.45) is -5.16. The summed E-state index contributed by atoms with van der Waals surface area (Å²) in [4.78, 5) is 35.8. The van der Waals surface area contributed by atoms with E-state index in [1.165, 1.54) is 0 Å². The smallest absolute Gasteiger partial charge is 0.477 e. The average molecular weight is 477 g/mol. The van der Waals surface area contributed by atoms with Crippen LogP contribution in [0.3, 0.4) is 0 Å². The number of hydrogen-bond acceptors (Lipinski definition) is 7. The van der Waals surface area contributed by atoms with Gasteiger partial charge in [-0.25, -0.2) is 9.59 Å². The van der Waals surface area contributed by atoms with Gasteiger partial charge in [0, 0.05) is 31.7 Å². The number of hydrogen-bond donors (Lipinski definition) is 2. The van der Waals surface area contributed by atoms with Gasteiger partial charge >= 0.3 is 18.4 Å². The Kier molecular flexibility index (Phi) is 8.25. The van der Waals surface area contributed by atoms with E-state index in [0.29, 0.717) is 25.1 Å². The quantitative estimate of drug-likeness (QED) is 0.430. The molecule has 1 aliphatic heterocycles. The van der Waals surface area contributed by atoms with Gasteiger partial charge in [0.25, 0.3) is 5.69 Å². The van der Waals surface area contributed by atoms with Crippen molar-refractivity contribution in [1.82, 2.24) is 10.2 Å². The van der Waals surface area contributed by atoms with Gasteiger partial charge in [0.1, 0.15) is 11.2 Å². The molecule has 0 bridgehead atoms. The van der Waals surface area contributed by atoms with E-state index in [9.17, 15) is 38.0 Å². The van der Waals surface area contributed by atoms with Crippen molar-refractivity contribution in [1.29, 1.82) is 0 Å². The molecular formula is C20H26F3N3O7. The first-order chi connectivity index (χ1) is 15.1. The number of carboxylic acid groups (broad SMARTS) is 1. The number of nitro benzene ring substituents is 1. The second-order valence-corrected chi connectivity index (χ2v) is 8.61. The highest BCUT2D eigenvalue weighted by atomic mass is 19.4. The Balaban J connectivity index is 2.18. The van der Waals surface area contributed by atoms with Crippen LogP contribution >= 0.6 is 0 Å². The maximum atomic E-state index is 12.4. The number of amides is 1. The van der Waals surface area contributed by atoms with Crippen molar-refractivity contribution in [2.45, 2.75) is 58.2 Å². The molecule has 2 rings (SSSR count). The molecule has 1 aromatic rings. The maximum Gasteiger partial charge on any atom is 0.522 e. The number of carbonyl (C=O) groups is 2. The lowest BCUT2D eigenvalue weighted by molar-refractivity contribution is -0.385. The van der Waals surface area contributed by atoms with Gasteiger partial charge in [-0.05, 0) is 50.8 Å². The number of nitrogens with one attached hydrogen (secondary N) is 1. The Morgan fingerprint density at radius 1 is 1.27 bits per heavy atom. The van der Waals surface area contributed by atoms with Crippen LogP contribution in [0.5, 0.6) is 0 Å². The molecule has 1 aromatic carbocycles. The molecule has 184 valence electrons. The zero-order valence-corrected chi connectivity index (χ0v) is 18.4. The van der Waals surface area contributed by atoms with Crippen molar-refractivity contribution in [2.24, 2.45) is 0 Å². The number of rotatable bonds is 8. The number of alkyl halides is 3. The molecule has 0 spiro atoms. The third-order valence-electron chi connectivity index (χ3n) is 4.77. The normalized spacial score (nSPS) is 17.1. The van der Waals surface area contributed by atoms with Crippen LogP contribution in [0.1, 0.15) is 48.7 Å². The van der Waals surface area contributed by atoms with Gasteiger partial charge < -0.3 is 15.2 Å². The lowest BCUT2D eigenvalue weighted by Crippen LogP contribution is -2.40. The molecule has 1 atom stereocenters. The third kappa shape index (κ3) is 8.50. The van der Waals surface area contributed by atoms with E-state index in [-0.39, 0.29) is 24.6 Å². The predicted octanol–water partition coefficient (Wildman–Crippen LogP) is 3.47. The highest BCUT2D eigenvalue weighted by Gasteiger charge is 2.31. The van der Waals surface area contributed by atoms with Crippen molar-refractivity contribution in [3.63, 3.8) is 0 Å². The summed E-state index contributed by atoms with van der Waals surface area (Å²) in [7, 11) is 0. The van der Waals surface area contributed by atoms with Gasteiger partial charge in [-0.2, -0.15) is 0 Å². The molecule has 1 heterocycles. The number of nitrogens with zero attached hydrogens (tertiary/aromatic N) is 2. The van der Waals surface area contributed by atoms with Crippen LogP contribution in [-0.2, 0) is 22.4 Å². The van der Waals surface area contributed by atoms with Gasteiger partial charge in [0.2, 0.25) is 0 Å². The van der Waals surface area contributed by atoms with E-state index < -0.39 is 46.8 Å². The summed E-state index contributed by atoms with van der Waals surface area (Å²) in [6, 6.07) is 1.84. The van der Waals surface area contributed by atoms with Crippen LogP contribution in [0.2, 0.25) is 0 Å². The minimum absolute atomic E-state index is 0.120. The summed E-state index contributed by atoms with van der Waals surface area (Å²) in [6.45, 7) is 5.42. The van der Waals surface area contributed by atoms with Crippen molar-refractivity contribution in [3.8, 4) is 0 Å². The number of aromatic carboxylic acids is 1. The number of likely N-dealkylation sites (tertiary alicyclic amines) is 1. The molecule has 33 heavy (non-hydrogen) atoms. The van der Waals surface area contributed by atoms with Crippen LogP contribution in [0.4, 0.5) is 23.7 Å². The van der Waals surface area contributed by atoms with Gasteiger partial charge in [-0.15, -0.1) is 13.2 Å². The van der Waals surface area contributed by atoms with Crippen LogP contribution in [-0.4, -0.2) is 64.7 Å². The topological polar surface area (TPSA) is 131 Å². The fourth-order valence-corrected chi connectivity index (χ4v) is 3.46. The van der Waals surface area contributed by atoms with E-state index in [0.717, 1.165) is 12.1 Å². The van der Waals surface area contributed by atoms with E-state index in [1.807, 2.05) is 4.90 Å². The van der Waals surface area contributed by atoms with Gasteiger partial charge in [-0.3, -0.25) is 19.8 Å². The first-order valence-corrected chi connectivity index (χ1v) is 10.1. The van der Waals surface area contributed by atoms with Gasteiger partial charge in [0.05, 0.1) is 11.5 Å². The minimum atomic E-state index is -4.86. The van der Waals surface area contributed by atoms with E-state index in [1.54, 1.807) is 20.8 Å². The summed E-state index contributed by atoms with van der Waals surface area (Å²) in [5, 5.41) is 23.4. The molecule has 0 aliphatic carbocycles. The number of alkyl carbamates (subject to hydrolysis) is 1. The molecule has 0 aromatic heterocycles. The molecule has 1 amide bonds. The second-order valence-electron chi connectivity index (χ2n) is 8.61. The van der Waals surface area contributed by atoms with E-state index in [4.69, 9.17) is 4.74 Å². The zero-order chi connectivity index (χ0) is 25.0. The zero-order valence-electron chi connectivity index (χ0n) is 18.4. The Labute approximate surface area is 187 Å². The lowest BCUT2D eigenvalue weighted by atomic mass is 9.99. The number of ether oxygens (including phenoxy) is 2. The van der Waals surface area contributed by atoms with Crippen molar-refractivity contribution in [3.05, 3.63) is 38.9 Å². The number of nitro groups is 1. The van der Waals surface area contributed by atoms with Crippen LogP contribution in [0.25, 0.3) is 0 Å². The monoisotopic (exact) mass is 477 g/mol.